The van der Waals surface area contributed by atoms with Crippen molar-refractivity contribution >= 4 is 60.7 Å². The number of halogens is 5. The molecule has 3 aromatic rings. The van der Waals surface area contributed by atoms with E-state index in [1.165, 1.54) is 6.07 Å². The highest BCUT2D eigenvalue weighted by Gasteiger charge is 2.11. The lowest BCUT2D eigenvalue weighted by atomic mass is 10.2. The molecule has 0 aliphatic rings. The Hall–Kier alpha value is -1.27. The fraction of sp³-hybridized carbons (Fsp3) is 0.100. The van der Waals surface area contributed by atoms with Crippen molar-refractivity contribution in [3.8, 4) is 5.75 Å². The molecule has 3 aromatic carbocycles. The number of hydrogen-bond donors (Lipinski definition) is 1. The molecule has 1 N–H and O–H groups in total. The zero-order chi connectivity index (χ0) is 19.4. The van der Waals surface area contributed by atoms with Crippen LogP contribution < -0.4 is 10.1 Å². The van der Waals surface area contributed by atoms with E-state index in [1.54, 1.807) is 12.1 Å². The minimum atomic E-state index is -0.445. The van der Waals surface area contributed by atoms with Crippen molar-refractivity contribution in [3.05, 3.63) is 90.5 Å². The Kier molecular flexibility index (Phi) is 7.04. The number of anilines is 1. The van der Waals surface area contributed by atoms with Crippen LogP contribution in [0.15, 0.2) is 63.5 Å². The van der Waals surface area contributed by atoms with Crippen molar-refractivity contribution < 1.29 is 9.13 Å². The minimum absolute atomic E-state index is 0.0784. The minimum Gasteiger partial charge on any atom is -0.487 e. The molecule has 0 aromatic heterocycles. The molecule has 0 bridgehead atoms. The largest absolute Gasteiger partial charge is 0.487 e. The summed E-state index contributed by atoms with van der Waals surface area (Å²) in [5.74, 6) is 0.285. The molecule has 3 rings (SSSR count). The summed E-state index contributed by atoms with van der Waals surface area (Å²) in [7, 11) is 0. The van der Waals surface area contributed by atoms with Gasteiger partial charge >= 0.3 is 0 Å². The topological polar surface area (TPSA) is 21.3 Å². The maximum atomic E-state index is 13.3. The van der Waals surface area contributed by atoms with E-state index in [-0.39, 0.29) is 5.02 Å². The van der Waals surface area contributed by atoms with Crippen molar-refractivity contribution in [1.82, 2.24) is 0 Å². The van der Waals surface area contributed by atoms with E-state index in [0.717, 1.165) is 31.5 Å². The Morgan fingerprint density at radius 2 is 1.70 bits per heavy atom. The second-order valence-corrected chi connectivity index (χ2v) is 8.39. The predicted molar refractivity (Wildman–Crippen MR) is 116 cm³/mol. The van der Waals surface area contributed by atoms with E-state index < -0.39 is 5.82 Å². The monoisotopic (exact) mass is 531 g/mol. The molecule has 0 aliphatic carbocycles. The zero-order valence-corrected chi connectivity index (χ0v) is 18.6. The summed E-state index contributed by atoms with van der Waals surface area (Å²) in [4.78, 5) is 0. The summed E-state index contributed by atoms with van der Waals surface area (Å²) in [6, 6.07) is 15.9. The van der Waals surface area contributed by atoms with Crippen molar-refractivity contribution in [3.63, 3.8) is 0 Å². The molecule has 0 heterocycles. The van der Waals surface area contributed by atoms with Crippen LogP contribution in [0.25, 0.3) is 0 Å². The third-order valence-electron chi connectivity index (χ3n) is 3.78. The van der Waals surface area contributed by atoms with Crippen LogP contribution in [0, 0.1) is 5.82 Å². The summed E-state index contributed by atoms with van der Waals surface area (Å²) >= 11 is 18.8. The molecular formula is C20H14Br2Cl2FNO. The molecule has 27 heavy (non-hydrogen) atoms. The van der Waals surface area contributed by atoms with Gasteiger partial charge in [-0.15, -0.1) is 0 Å². The number of hydrogen-bond acceptors (Lipinski definition) is 2. The lowest BCUT2D eigenvalue weighted by molar-refractivity contribution is 0.301. The van der Waals surface area contributed by atoms with Crippen LogP contribution in [0.3, 0.4) is 0 Å². The van der Waals surface area contributed by atoms with E-state index in [4.69, 9.17) is 27.9 Å². The standard InChI is InChI=1S/C20H14Br2Cl2FNO/c21-14-7-13(10-26-16-5-6-19(25)18(24)9-16)20(17(22)8-14)27-11-12-1-3-15(23)4-2-12/h1-9,26H,10-11H2. The van der Waals surface area contributed by atoms with E-state index in [2.05, 4.69) is 37.2 Å². The number of ether oxygens (including phenoxy) is 1. The summed E-state index contributed by atoms with van der Waals surface area (Å²) in [6.45, 7) is 0.892. The van der Waals surface area contributed by atoms with Gasteiger partial charge in [-0.3, -0.25) is 0 Å². The molecule has 0 fully saturated rings. The smallest absolute Gasteiger partial charge is 0.141 e. The van der Waals surface area contributed by atoms with Crippen LogP contribution in [0.1, 0.15) is 11.1 Å². The van der Waals surface area contributed by atoms with E-state index in [1.807, 2.05) is 36.4 Å². The van der Waals surface area contributed by atoms with Crippen molar-refractivity contribution in [2.24, 2.45) is 0 Å². The molecule has 0 spiro atoms. The summed E-state index contributed by atoms with van der Waals surface area (Å²) in [5.41, 5.74) is 2.67. The molecule has 2 nitrogen and oxygen atoms in total. The second kappa shape index (κ2) is 9.28. The fourth-order valence-electron chi connectivity index (χ4n) is 2.45. The lowest BCUT2D eigenvalue weighted by Crippen LogP contribution is -2.05. The molecule has 0 amide bonds. The van der Waals surface area contributed by atoms with Gasteiger partial charge in [0, 0.05) is 27.3 Å². The third kappa shape index (κ3) is 5.61. The highest BCUT2D eigenvalue weighted by molar-refractivity contribution is 9.11. The van der Waals surface area contributed by atoms with Crippen molar-refractivity contribution in [1.29, 1.82) is 0 Å². The van der Waals surface area contributed by atoms with Gasteiger partial charge in [0.15, 0.2) is 0 Å². The quantitative estimate of drug-likeness (QED) is 0.348. The summed E-state index contributed by atoms with van der Waals surface area (Å²) in [5, 5.41) is 4.00. The first-order chi connectivity index (χ1) is 12.9. The Morgan fingerprint density at radius 1 is 0.963 bits per heavy atom. The van der Waals surface area contributed by atoms with Crippen molar-refractivity contribution in [2.75, 3.05) is 5.32 Å². The van der Waals surface area contributed by atoms with E-state index >= 15 is 0 Å². The predicted octanol–water partition coefficient (Wildman–Crippen LogP) is 7.85. The molecule has 0 saturated heterocycles. The zero-order valence-electron chi connectivity index (χ0n) is 13.9. The number of benzene rings is 3. The lowest BCUT2D eigenvalue weighted by Gasteiger charge is -2.16. The Labute approximate surface area is 183 Å². The third-order valence-corrected chi connectivity index (χ3v) is 5.37. The Balaban J connectivity index is 1.77. The molecule has 0 unspecified atom stereocenters. The van der Waals surface area contributed by atoms with Gasteiger partial charge in [-0.2, -0.15) is 0 Å². The summed E-state index contributed by atoms with van der Waals surface area (Å²) < 4.78 is 21.1. The number of rotatable bonds is 6. The van der Waals surface area contributed by atoms with Crippen LogP contribution in [-0.2, 0) is 13.2 Å². The highest BCUT2D eigenvalue weighted by atomic mass is 79.9. The molecule has 0 aliphatic heterocycles. The molecule has 140 valence electrons. The average Bonchev–Trinajstić information content (AvgIpc) is 2.63. The van der Waals surface area contributed by atoms with Gasteiger partial charge in [0.25, 0.3) is 0 Å². The average molecular weight is 534 g/mol. The normalized spacial score (nSPS) is 10.7. The Bertz CT molecular complexity index is 951. The van der Waals surface area contributed by atoms with Gasteiger partial charge in [-0.1, -0.05) is 51.3 Å². The van der Waals surface area contributed by atoms with Gasteiger partial charge in [0.05, 0.1) is 9.50 Å². The van der Waals surface area contributed by atoms with Crippen LogP contribution in [0.5, 0.6) is 5.75 Å². The molecular weight excluding hydrogens is 520 g/mol. The molecule has 7 heteroatoms. The maximum Gasteiger partial charge on any atom is 0.141 e. The van der Waals surface area contributed by atoms with Gasteiger partial charge in [-0.05, 0) is 64.0 Å². The Morgan fingerprint density at radius 3 is 2.41 bits per heavy atom. The molecule has 0 atom stereocenters. The van der Waals surface area contributed by atoms with Crippen LogP contribution >= 0.6 is 55.1 Å². The van der Waals surface area contributed by atoms with Crippen LogP contribution in [0.2, 0.25) is 10.0 Å². The summed E-state index contributed by atoms with van der Waals surface area (Å²) in [6.07, 6.45) is 0. The second-order valence-electron chi connectivity index (χ2n) is 5.77. The van der Waals surface area contributed by atoms with E-state index in [9.17, 15) is 4.39 Å². The maximum absolute atomic E-state index is 13.3. The van der Waals surface area contributed by atoms with E-state index in [0.29, 0.717) is 18.2 Å². The SMILES string of the molecule is Fc1ccc(NCc2cc(Br)cc(Br)c2OCc2ccc(Cl)cc2)cc1Cl. The highest BCUT2D eigenvalue weighted by Crippen LogP contribution is 2.34. The van der Waals surface area contributed by atoms with Crippen LogP contribution in [-0.4, -0.2) is 0 Å². The first kappa shape index (κ1) is 20.5. The van der Waals surface area contributed by atoms with Gasteiger partial charge in [-0.25, -0.2) is 4.39 Å². The molecule has 0 saturated carbocycles. The first-order valence-electron chi connectivity index (χ1n) is 7.96. The van der Waals surface area contributed by atoms with Gasteiger partial charge in [0.1, 0.15) is 18.2 Å². The first-order valence-corrected chi connectivity index (χ1v) is 10.3. The molecule has 0 radical (unpaired) electrons. The van der Waals surface area contributed by atoms with Gasteiger partial charge in [0.2, 0.25) is 0 Å². The van der Waals surface area contributed by atoms with Gasteiger partial charge < -0.3 is 10.1 Å². The number of nitrogens with one attached hydrogen (secondary N) is 1. The van der Waals surface area contributed by atoms with Crippen molar-refractivity contribution in [2.45, 2.75) is 13.2 Å². The fourth-order valence-corrected chi connectivity index (χ4v) is 4.18. The van der Waals surface area contributed by atoms with Crippen LogP contribution in [0.4, 0.5) is 10.1 Å².